The Bertz CT molecular complexity index is 407. The first-order valence-corrected chi connectivity index (χ1v) is 6.33. The first-order valence-electron chi connectivity index (χ1n) is 6.33. The lowest BCUT2D eigenvalue weighted by Gasteiger charge is -2.21. The Morgan fingerprint density at radius 1 is 1.30 bits per heavy atom. The van der Waals surface area contributed by atoms with Gasteiger partial charge in [-0.3, -0.25) is 9.59 Å². The van der Waals surface area contributed by atoms with Crippen LogP contribution in [-0.2, 0) is 4.79 Å². The van der Waals surface area contributed by atoms with Gasteiger partial charge in [0.1, 0.15) is 6.04 Å². The molecule has 1 atom stereocenters. The second-order valence-electron chi connectivity index (χ2n) is 4.57. The molecule has 0 radical (unpaired) electrons. The highest BCUT2D eigenvalue weighted by Crippen LogP contribution is 2.05. The molecule has 0 aliphatic heterocycles. The van der Waals surface area contributed by atoms with E-state index in [0.717, 1.165) is 0 Å². The van der Waals surface area contributed by atoms with Gasteiger partial charge in [0.05, 0.1) is 6.26 Å². The van der Waals surface area contributed by atoms with Crippen molar-refractivity contribution in [1.82, 2.24) is 16.0 Å². The quantitative estimate of drug-likeness (QED) is 0.650. The molecular formula is C13H22ClN3O3. The molecule has 0 saturated carbocycles. The Kier molecular flexibility index (Phi) is 8.67. The van der Waals surface area contributed by atoms with Crippen LogP contribution >= 0.6 is 12.4 Å². The Morgan fingerprint density at radius 3 is 2.50 bits per heavy atom. The minimum atomic E-state index is -0.575. The van der Waals surface area contributed by atoms with Gasteiger partial charge in [-0.15, -0.1) is 12.4 Å². The number of hydrogen-bond donors (Lipinski definition) is 3. The fourth-order valence-electron chi connectivity index (χ4n) is 1.58. The number of carbonyl (C=O) groups excluding carboxylic acids is 2. The first-order chi connectivity index (χ1) is 9.06. The maximum Gasteiger partial charge on any atom is 0.287 e. The van der Waals surface area contributed by atoms with Crippen LogP contribution in [0.15, 0.2) is 22.8 Å². The normalized spacial score (nSPS) is 11.6. The zero-order chi connectivity index (χ0) is 14.3. The smallest absolute Gasteiger partial charge is 0.287 e. The summed E-state index contributed by atoms with van der Waals surface area (Å²) < 4.78 is 5.00. The molecule has 1 rings (SSSR count). The van der Waals surface area contributed by atoms with Crippen molar-refractivity contribution in [1.29, 1.82) is 0 Å². The summed E-state index contributed by atoms with van der Waals surface area (Å²) in [4.78, 5) is 23.8. The molecule has 114 valence electrons. The van der Waals surface area contributed by atoms with Crippen molar-refractivity contribution in [2.75, 3.05) is 20.1 Å². The fourth-order valence-corrected chi connectivity index (χ4v) is 1.58. The van der Waals surface area contributed by atoms with E-state index < -0.39 is 6.04 Å². The van der Waals surface area contributed by atoms with Crippen LogP contribution in [0.3, 0.4) is 0 Å². The second-order valence-corrected chi connectivity index (χ2v) is 4.57. The number of rotatable bonds is 7. The van der Waals surface area contributed by atoms with E-state index in [-0.39, 0.29) is 35.9 Å². The zero-order valence-corrected chi connectivity index (χ0v) is 12.8. The van der Waals surface area contributed by atoms with Crippen LogP contribution < -0.4 is 16.0 Å². The van der Waals surface area contributed by atoms with E-state index in [2.05, 4.69) is 16.0 Å². The van der Waals surface area contributed by atoms with Gasteiger partial charge in [0, 0.05) is 13.1 Å². The van der Waals surface area contributed by atoms with Crippen LogP contribution in [-0.4, -0.2) is 38.0 Å². The van der Waals surface area contributed by atoms with Gasteiger partial charge in [-0.25, -0.2) is 0 Å². The molecule has 1 aromatic rings. The average Bonchev–Trinajstić information content (AvgIpc) is 2.89. The predicted molar refractivity (Wildman–Crippen MR) is 79.0 cm³/mol. The van der Waals surface area contributed by atoms with E-state index in [9.17, 15) is 9.59 Å². The van der Waals surface area contributed by atoms with E-state index in [0.29, 0.717) is 13.1 Å². The molecule has 2 amide bonds. The summed E-state index contributed by atoms with van der Waals surface area (Å²) in [6.45, 7) is 4.97. The average molecular weight is 304 g/mol. The molecule has 0 aromatic carbocycles. The highest BCUT2D eigenvalue weighted by molar-refractivity contribution is 5.95. The van der Waals surface area contributed by atoms with Gasteiger partial charge >= 0.3 is 0 Å². The Labute approximate surface area is 125 Å². The lowest BCUT2D eigenvalue weighted by Crippen LogP contribution is -2.50. The minimum Gasteiger partial charge on any atom is -0.459 e. The summed E-state index contributed by atoms with van der Waals surface area (Å²) in [5, 5.41) is 8.39. The van der Waals surface area contributed by atoms with E-state index >= 15 is 0 Å². The topological polar surface area (TPSA) is 83.4 Å². The summed E-state index contributed by atoms with van der Waals surface area (Å²) in [6, 6.07) is 2.62. The highest BCUT2D eigenvalue weighted by atomic mass is 35.5. The molecule has 0 saturated heterocycles. The molecule has 0 bridgehead atoms. The third-order valence-electron chi connectivity index (χ3n) is 2.65. The van der Waals surface area contributed by atoms with Gasteiger partial charge in [0.15, 0.2) is 5.76 Å². The Balaban J connectivity index is 0.00000361. The van der Waals surface area contributed by atoms with Crippen LogP contribution in [0.2, 0.25) is 0 Å². The van der Waals surface area contributed by atoms with Crippen LogP contribution in [0.25, 0.3) is 0 Å². The van der Waals surface area contributed by atoms with E-state index in [4.69, 9.17) is 4.42 Å². The molecule has 20 heavy (non-hydrogen) atoms. The predicted octanol–water partition coefficient (Wildman–Crippen LogP) is 0.791. The van der Waals surface area contributed by atoms with E-state index in [1.165, 1.54) is 6.26 Å². The van der Waals surface area contributed by atoms with Crippen molar-refractivity contribution in [3.05, 3.63) is 24.2 Å². The lowest BCUT2D eigenvalue weighted by atomic mass is 10.0. The summed E-state index contributed by atoms with van der Waals surface area (Å²) in [7, 11) is 1.81. The number of amides is 2. The van der Waals surface area contributed by atoms with Crippen molar-refractivity contribution in [3.8, 4) is 0 Å². The molecule has 7 heteroatoms. The van der Waals surface area contributed by atoms with Crippen molar-refractivity contribution >= 4 is 24.2 Å². The number of furan rings is 1. The third-order valence-corrected chi connectivity index (χ3v) is 2.65. The molecule has 3 N–H and O–H groups in total. The minimum absolute atomic E-state index is 0. The van der Waals surface area contributed by atoms with Crippen molar-refractivity contribution in [2.24, 2.45) is 5.92 Å². The maximum atomic E-state index is 12.0. The van der Waals surface area contributed by atoms with Gasteiger partial charge in [0.2, 0.25) is 5.91 Å². The molecule has 0 aliphatic carbocycles. The first kappa shape index (κ1) is 18.5. The van der Waals surface area contributed by atoms with Crippen molar-refractivity contribution in [2.45, 2.75) is 19.9 Å². The Hall–Kier alpha value is -1.53. The molecule has 0 spiro atoms. The summed E-state index contributed by atoms with van der Waals surface area (Å²) >= 11 is 0. The molecule has 1 unspecified atom stereocenters. The summed E-state index contributed by atoms with van der Waals surface area (Å²) in [6.07, 6.45) is 1.42. The highest BCUT2D eigenvalue weighted by Gasteiger charge is 2.25. The van der Waals surface area contributed by atoms with E-state index in [1.54, 1.807) is 12.1 Å². The molecular weight excluding hydrogens is 282 g/mol. The number of likely N-dealkylation sites (N-methyl/N-ethyl adjacent to an activating group) is 1. The van der Waals surface area contributed by atoms with Crippen molar-refractivity contribution in [3.63, 3.8) is 0 Å². The number of nitrogens with one attached hydrogen (secondary N) is 3. The zero-order valence-electron chi connectivity index (χ0n) is 11.9. The van der Waals surface area contributed by atoms with Gasteiger partial charge in [-0.1, -0.05) is 13.8 Å². The van der Waals surface area contributed by atoms with Gasteiger partial charge in [-0.05, 0) is 25.1 Å². The maximum absolute atomic E-state index is 12.0. The fraction of sp³-hybridized carbons (Fsp3) is 0.538. The molecule has 0 fully saturated rings. The SMILES string of the molecule is CNCCNC(=O)C(NC(=O)c1ccco1)C(C)C.Cl. The molecule has 0 aliphatic rings. The molecule has 6 nitrogen and oxygen atoms in total. The summed E-state index contributed by atoms with van der Waals surface area (Å²) in [5.74, 6) is -0.375. The second kappa shape index (κ2) is 9.39. The van der Waals surface area contributed by atoms with Crippen LogP contribution in [0, 0.1) is 5.92 Å². The monoisotopic (exact) mass is 303 g/mol. The van der Waals surface area contributed by atoms with Crippen molar-refractivity contribution < 1.29 is 14.0 Å². The number of hydrogen-bond acceptors (Lipinski definition) is 4. The number of halogens is 1. The molecule has 1 heterocycles. The lowest BCUT2D eigenvalue weighted by molar-refractivity contribution is -0.123. The summed E-state index contributed by atoms with van der Waals surface area (Å²) in [5.41, 5.74) is 0. The van der Waals surface area contributed by atoms with Crippen LogP contribution in [0.1, 0.15) is 24.4 Å². The largest absolute Gasteiger partial charge is 0.459 e. The van der Waals surface area contributed by atoms with Gasteiger partial charge in [0.25, 0.3) is 5.91 Å². The van der Waals surface area contributed by atoms with Crippen LogP contribution in [0.5, 0.6) is 0 Å². The third kappa shape index (κ3) is 5.63. The van der Waals surface area contributed by atoms with Crippen LogP contribution in [0.4, 0.5) is 0 Å². The van der Waals surface area contributed by atoms with Gasteiger partial charge in [-0.2, -0.15) is 0 Å². The Morgan fingerprint density at radius 2 is 2.00 bits per heavy atom. The van der Waals surface area contributed by atoms with E-state index in [1.807, 2.05) is 20.9 Å². The molecule has 1 aromatic heterocycles. The number of carbonyl (C=O) groups is 2. The van der Waals surface area contributed by atoms with Gasteiger partial charge < -0.3 is 20.4 Å². The standard InChI is InChI=1S/C13H21N3O3.ClH/c1-9(2)11(13(18)15-7-6-14-3)16-12(17)10-5-4-8-19-10;/h4-5,8-9,11,14H,6-7H2,1-3H3,(H,15,18)(H,16,17);1H.